The maximum atomic E-state index is 9.49. The van der Waals surface area contributed by atoms with E-state index >= 15 is 0 Å². The molecule has 3 N–H and O–H groups in total. The summed E-state index contributed by atoms with van der Waals surface area (Å²) in [4.78, 5) is 3.23. The number of H-pyrrole nitrogens is 1. The van der Waals surface area contributed by atoms with Gasteiger partial charge in [-0.3, -0.25) is 0 Å². The molecule has 0 bridgehead atoms. The molecule has 0 aliphatic carbocycles. The highest BCUT2D eigenvalue weighted by atomic mass is 16.3. The van der Waals surface area contributed by atoms with Crippen LogP contribution < -0.4 is 5.32 Å². The molecule has 0 aliphatic heterocycles. The van der Waals surface area contributed by atoms with E-state index in [4.69, 9.17) is 0 Å². The van der Waals surface area contributed by atoms with E-state index in [1.807, 2.05) is 18.3 Å². The molecule has 0 radical (unpaired) electrons. The van der Waals surface area contributed by atoms with Gasteiger partial charge < -0.3 is 15.4 Å². The highest BCUT2D eigenvalue weighted by molar-refractivity contribution is 5.84. The van der Waals surface area contributed by atoms with Crippen LogP contribution in [0.25, 0.3) is 10.9 Å². The second kappa shape index (κ2) is 5.73. The Morgan fingerprint density at radius 1 is 1.29 bits per heavy atom. The van der Waals surface area contributed by atoms with Gasteiger partial charge in [0.2, 0.25) is 0 Å². The molecule has 0 aliphatic rings. The average Bonchev–Trinajstić information content (AvgIpc) is 2.72. The largest absolute Gasteiger partial charge is 0.508 e. The number of unbranched alkanes of at least 4 members (excludes halogenated alkanes) is 1. The zero-order valence-electron chi connectivity index (χ0n) is 10.3. The van der Waals surface area contributed by atoms with Crippen LogP contribution in [0.3, 0.4) is 0 Å². The second-order valence-corrected chi connectivity index (χ2v) is 4.40. The number of phenols is 1. The minimum atomic E-state index is 0.331. The number of aromatic hydroxyl groups is 1. The van der Waals surface area contributed by atoms with E-state index in [1.54, 1.807) is 6.07 Å². The Bertz CT molecular complexity index is 476. The van der Waals surface area contributed by atoms with E-state index in [9.17, 15) is 5.11 Å². The fraction of sp³-hybridized carbons (Fsp3) is 0.429. The van der Waals surface area contributed by atoms with Crippen LogP contribution in [-0.4, -0.2) is 23.2 Å². The lowest BCUT2D eigenvalue weighted by molar-refractivity contribution is 0.476. The lowest BCUT2D eigenvalue weighted by Crippen LogP contribution is -2.18. The predicted molar refractivity (Wildman–Crippen MR) is 71.4 cm³/mol. The van der Waals surface area contributed by atoms with Crippen molar-refractivity contribution in [1.29, 1.82) is 0 Å². The molecule has 1 heterocycles. The lowest BCUT2D eigenvalue weighted by atomic mass is 10.1. The van der Waals surface area contributed by atoms with Gasteiger partial charge in [0.25, 0.3) is 0 Å². The average molecular weight is 232 g/mol. The Morgan fingerprint density at radius 2 is 2.18 bits per heavy atom. The standard InChI is InChI=1S/C14H20N2O/c1-2-3-7-15-8-6-11-10-16-14-5-4-12(17)9-13(11)14/h4-5,9-10,15-17H,2-3,6-8H2,1H3. The van der Waals surface area contributed by atoms with Gasteiger partial charge in [-0.25, -0.2) is 0 Å². The normalized spacial score (nSPS) is 11.1. The van der Waals surface area contributed by atoms with Crippen molar-refractivity contribution in [3.05, 3.63) is 30.0 Å². The van der Waals surface area contributed by atoms with Gasteiger partial charge in [0.1, 0.15) is 5.75 Å². The van der Waals surface area contributed by atoms with Gasteiger partial charge in [-0.05, 0) is 49.7 Å². The fourth-order valence-electron chi connectivity index (χ4n) is 2.02. The first-order valence-electron chi connectivity index (χ1n) is 6.31. The van der Waals surface area contributed by atoms with Crippen LogP contribution in [0.15, 0.2) is 24.4 Å². The number of nitrogens with one attached hydrogen (secondary N) is 2. The molecule has 0 saturated heterocycles. The third-order valence-corrected chi connectivity index (χ3v) is 3.03. The molecule has 0 fully saturated rings. The van der Waals surface area contributed by atoms with Crippen molar-refractivity contribution < 1.29 is 5.11 Å². The molecule has 3 nitrogen and oxygen atoms in total. The summed E-state index contributed by atoms with van der Waals surface area (Å²) in [6, 6.07) is 5.45. The van der Waals surface area contributed by atoms with Gasteiger partial charge in [-0.15, -0.1) is 0 Å². The summed E-state index contributed by atoms with van der Waals surface area (Å²) >= 11 is 0. The van der Waals surface area contributed by atoms with Gasteiger partial charge in [-0.2, -0.15) is 0 Å². The number of hydrogen-bond donors (Lipinski definition) is 3. The van der Waals surface area contributed by atoms with Crippen LogP contribution in [0.1, 0.15) is 25.3 Å². The topological polar surface area (TPSA) is 48.0 Å². The molecule has 2 aromatic rings. The third-order valence-electron chi connectivity index (χ3n) is 3.03. The lowest BCUT2D eigenvalue weighted by Gasteiger charge is -2.03. The van der Waals surface area contributed by atoms with Crippen LogP contribution in [-0.2, 0) is 6.42 Å². The summed E-state index contributed by atoms with van der Waals surface area (Å²) in [7, 11) is 0. The smallest absolute Gasteiger partial charge is 0.116 e. The maximum absolute atomic E-state index is 9.49. The van der Waals surface area contributed by atoms with Crippen molar-refractivity contribution in [3.63, 3.8) is 0 Å². The van der Waals surface area contributed by atoms with Crippen molar-refractivity contribution >= 4 is 10.9 Å². The van der Waals surface area contributed by atoms with Crippen LogP contribution >= 0.6 is 0 Å². The van der Waals surface area contributed by atoms with Crippen LogP contribution in [0.5, 0.6) is 5.75 Å². The molecular weight excluding hydrogens is 212 g/mol. The van der Waals surface area contributed by atoms with E-state index in [0.717, 1.165) is 30.4 Å². The summed E-state index contributed by atoms with van der Waals surface area (Å²) in [6.45, 7) is 4.27. The number of hydrogen-bond acceptors (Lipinski definition) is 2. The van der Waals surface area contributed by atoms with Gasteiger partial charge in [0.15, 0.2) is 0 Å². The first kappa shape index (κ1) is 12.0. The number of phenolic OH excluding ortho intramolecular Hbond substituents is 1. The van der Waals surface area contributed by atoms with Crippen LogP contribution in [0, 0.1) is 0 Å². The summed E-state index contributed by atoms with van der Waals surface area (Å²) in [5.74, 6) is 0.331. The fourth-order valence-corrected chi connectivity index (χ4v) is 2.02. The Labute approximate surface area is 102 Å². The predicted octanol–water partition coefficient (Wildman–Crippen LogP) is 2.81. The van der Waals surface area contributed by atoms with E-state index in [0.29, 0.717) is 5.75 Å². The number of benzene rings is 1. The second-order valence-electron chi connectivity index (χ2n) is 4.40. The maximum Gasteiger partial charge on any atom is 0.116 e. The minimum absolute atomic E-state index is 0.331. The highest BCUT2D eigenvalue weighted by Crippen LogP contribution is 2.22. The first-order valence-corrected chi connectivity index (χ1v) is 6.31. The summed E-state index contributed by atoms with van der Waals surface area (Å²) in [5.41, 5.74) is 2.35. The van der Waals surface area contributed by atoms with Crippen LogP contribution in [0.4, 0.5) is 0 Å². The van der Waals surface area contributed by atoms with E-state index < -0.39 is 0 Å². The van der Waals surface area contributed by atoms with Gasteiger partial charge in [0.05, 0.1) is 0 Å². The van der Waals surface area contributed by atoms with Crippen LogP contribution in [0.2, 0.25) is 0 Å². The van der Waals surface area contributed by atoms with Gasteiger partial charge in [-0.1, -0.05) is 13.3 Å². The monoisotopic (exact) mass is 232 g/mol. The quantitative estimate of drug-likeness (QED) is 0.671. The van der Waals surface area contributed by atoms with Gasteiger partial charge in [0, 0.05) is 17.1 Å². The van der Waals surface area contributed by atoms with Crippen molar-refractivity contribution in [1.82, 2.24) is 10.3 Å². The van der Waals surface area contributed by atoms with Crippen molar-refractivity contribution in [2.45, 2.75) is 26.2 Å². The summed E-state index contributed by atoms with van der Waals surface area (Å²) in [6.07, 6.45) is 5.49. The van der Waals surface area contributed by atoms with Crippen molar-refractivity contribution in [2.75, 3.05) is 13.1 Å². The zero-order chi connectivity index (χ0) is 12.1. The number of aromatic nitrogens is 1. The molecule has 2 rings (SSSR count). The summed E-state index contributed by atoms with van der Waals surface area (Å²) < 4.78 is 0. The number of rotatable bonds is 6. The number of fused-ring (bicyclic) bond motifs is 1. The van der Waals surface area contributed by atoms with Crippen molar-refractivity contribution in [2.24, 2.45) is 0 Å². The highest BCUT2D eigenvalue weighted by Gasteiger charge is 2.03. The molecule has 0 atom stereocenters. The van der Waals surface area contributed by atoms with Crippen molar-refractivity contribution in [3.8, 4) is 5.75 Å². The zero-order valence-corrected chi connectivity index (χ0v) is 10.3. The van der Waals surface area contributed by atoms with E-state index in [2.05, 4.69) is 17.2 Å². The molecule has 1 aromatic heterocycles. The third kappa shape index (κ3) is 3.01. The molecule has 0 spiro atoms. The van der Waals surface area contributed by atoms with E-state index in [-0.39, 0.29) is 0 Å². The minimum Gasteiger partial charge on any atom is -0.508 e. The molecule has 3 heteroatoms. The number of aromatic amines is 1. The molecule has 92 valence electrons. The molecule has 0 saturated carbocycles. The first-order chi connectivity index (χ1) is 8.31. The molecule has 0 unspecified atom stereocenters. The SMILES string of the molecule is CCCCNCCc1c[nH]c2ccc(O)cc12. The summed E-state index contributed by atoms with van der Waals surface area (Å²) in [5, 5.41) is 14.0. The molecular formula is C14H20N2O. The molecule has 17 heavy (non-hydrogen) atoms. The molecule has 0 amide bonds. The molecule has 1 aromatic carbocycles. The van der Waals surface area contributed by atoms with Gasteiger partial charge >= 0.3 is 0 Å². The Balaban J connectivity index is 1.96. The Morgan fingerprint density at radius 3 is 3.00 bits per heavy atom. The van der Waals surface area contributed by atoms with E-state index in [1.165, 1.54) is 18.4 Å². The Hall–Kier alpha value is -1.48. The Kier molecular flexibility index (Phi) is 4.04.